The number of carbonyl (C=O) groups is 2. The van der Waals surface area contributed by atoms with Crippen LogP contribution >= 0.6 is 11.6 Å². The molecule has 27 heavy (non-hydrogen) atoms. The van der Waals surface area contributed by atoms with E-state index in [0.29, 0.717) is 21.8 Å². The normalized spacial score (nSPS) is 14.1. The summed E-state index contributed by atoms with van der Waals surface area (Å²) < 4.78 is 18.6. The van der Waals surface area contributed by atoms with Crippen molar-refractivity contribution in [1.29, 1.82) is 0 Å². The minimum atomic E-state index is -0.787. The van der Waals surface area contributed by atoms with Gasteiger partial charge in [0.25, 0.3) is 0 Å². The molecular formula is C20H17ClFNO4. The number of hydrogen-bond donors (Lipinski definition) is 1. The lowest BCUT2D eigenvalue weighted by Gasteiger charge is -2.23. The molecule has 2 aromatic rings. The monoisotopic (exact) mass is 389 g/mol. The van der Waals surface area contributed by atoms with Gasteiger partial charge in [-0.1, -0.05) is 23.7 Å². The zero-order valence-electron chi connectivity index (χ0n) is 14.8. The average Bonchev–Trinajstić information content (AvgIpc) is 2.74. The highest BCUT2D eigenvalue weighted by molar-refractivity contribution is 6.31. The number of anilines is 1. The molecule has 0 radical (unpaired) electrons. The molecule has 0 unspecified atom stereocenters. The van der Waals surface area contributed by atoms with Gasteiger partial charge in [-0.25, -0.2) is 9.18 Å². The van der Waals surface area contributed by atoms with Crippen molar-refractivity contribution in [2.24, 2.45) is 0 Å². The highest BCUT2D eigenvalue weighted by atomic mass is 35.5. The number of amides is 1. The molecule has 1 heterocycles. The van der Waals surface area contributed by atoms with Gasteiger partial charge in [-0.15, -0.1) is 0 Å². The molecule has 0 saturated heterocycles. The van der Waals surface area contributed by atoms with Crippen LogP contribution < -0.4 is 4.90 Å². The third-order valence-electron chi connectivity index (χ3n) is 4.43. The molecule has 1 amide bonds. The van der Waals surface area contributed by atoms with Crippen LogP contribution in [-0.4, -0.2) is 24.1 Å². The van der Waals surface area contributed by atoms with E-state index in [1.54, 1.807) is 25.1 Å². The van der Waals surface area contributed by atoms with Crippen LogP contribution in [0.4, 0.5) is 10.1 Å². The number of benzene rings is 2. The van der Waals surface area contributed by atoms with Crippen molar-refractivity contribution in [3.8, 4) is 0 Å². The van der Waals surface area contributed by atoms with Crippen molar-refractivity contribution in [1.82, 2.24) is 0 Å². The van der Waals surface area contributed by atoms with Gasteiger partial charge >= 0.3 is 5.97 Å². The lowest BCUT2D eigenvalue weighted by molar-refractivity contribution is -0.137. The van der Waals surface area contributed by atoms with E-state index in [2.05, 4.69) is 4.74 Å². The minimum Gasteiger partial charge on any atom is -0.507 e. The molecule has 0 bridgehead atoms. The predicted molar refractivity (Wildman–Crippen MR) is 100.0 cm³/mol. The fourth-order valence-electron chi connectivity index (χ4n) is 2.94. The van der Waals surface area contributed by atoms with Gasteiger partial charge in [0.15, 0.2) is 0 Å². The molecule has 5 nitrogen and oxygen atoms in total. The van der Waals surface area contributed by atoms with E-state index in [0.717, 1.165) is 0 Å². The second-order valence-corrected chi connectivity index (χ2v) is 6.66. The Balaban J connectivity index is 2.10. The number of aryl methyl sites for hydroxylation is 1. The molecule has 3 rings (SSSR count). The molecule has 1 aliphatic rings. The topological polar surface area (TPSA) is 66.8 Å². The van der Waals surface area contributed by atoms with Crippen molar-refractivity contribution in [3.05, 3.63) is 69.5 Å². The first-order valence-corrected chi connectivity index (χ1v) is 8.55. The fraction of sp³-hybridized carbons (Fsp3) is 0.200. The van der Waals surface area contributed by atoms with Crippen LogP contribution in [0, 0.1) is 12.7 Å². The van der Waals surface area contributed by atoms with Crippen LogP contribution in [0.15, 0.2) is 42.0 Å². The Morgan fingerprint density at radius 1 is 1.30 bits per heavy atom. The maximum Gasteiger partial charge on any atom is 0.338 e. The third-order valence-corrected chi connectivity index (χ3v) is 4.66. The van der Waals surface area contributed by atoms with E-state index >= 15 is 0 Å². The number of esters is 1. The maximum atomic E-state index is 13.9. The smallest absolute Gasteiger partial charge is 0.338 e. The number of aliphatic hydroxyl groups excluding tert-OH is 1. The maximum absolute atomic E-state index is 13.9. The molecule has 0 saturated carbocycles. The summed E-state index contributed by atoms with van der Waals surface area (Å²) in [5.74, 6) is -1.94. The molecule has 0 spiro atoms. The molecule has 0 atom stereocenters. The number of aliphatic hydroxyl groups is 1. The van der Waals surface area contributed by atoms with E-state index in [1.807, 2.05) is 0 Å². The Morgan fingerprint density at radius 2 is 2.04 bits per heavy atom. The number of methoxy groups -OCH3 is 1. The van der Waals surface area contributed by atoms with E-state index in [9.17, 15) is 19.1 Å². The number of ether oxygens (including phenoxy) is 1. The Labute approximate surface area is 160 Å². The first-order chi connectivity index (χ1) is 12.8. The van der Waals surface area contributed by atoms with Gasteiger partial charge in [0.05, 0.1) is 31.3 Å². The lowest BCUT2D eigenvalue weighted by atomic mass is 10.1. The van der Waals surface area contributed by atoms with Gasteiger partial charge in [0, 0.05) is 10.6 Å². The van der Waals surface area contributed by atoms with Gasteiger partial charge in [0.1, 0.15) is 11.6 Å². The van der Waals surface area contributed by atoms with Crippen molar-refractivity contribution in [3.63, 3.8) is 0 Å². The molecule has 7 heteroatoms. The first kappa shape index (κ1) is 18.9. The standard InChI is InChI=1S/C20H17ClFNO4/c1-11-3-4-12(7-16(11)22)10-23-17-8-13(21)5-6-14(17)19(25)15(9-18(23)24)20(26)27-2/h3-8,25H,9-10H2,1-2H3. The lowest BCUT2D eigenvalue weighted by Crippen LogP contribution is -2.30. The van der Waals surface area contributed by atoms with Crippen LogP contribution in [0.3, 0.4) is 0 Å². The summed E-state index contributed by atoms with van der Waals surface area (Å²) in [7, 11) is 1.17. The Morgan fingerprint density at radius 3 is 2.70 bits per heavy atom. The summed E-state index contributed by atoms with van der Waals surface area (Å²) in [6, 6.07) is 9.29. The summed E-state index contributed by atoms with van der Waals surface area (Å²) in [4.78, 5) is 26.2. The molecule has 0 fully saturated rings. The predicted octanol–water partition coefficient (Wildman–Crippen LogP) is 4.17. The highest BCUT2D eigenvalue weighted by Crippen LogP contribution is 2.36. The molecule has 0 aromatic heterocycles. The van der Waals surface area contributed by atoms with Gasteiger partial charge in [0.2, 0.25) is 5.91 Å². The summed E-state index contributed by atoms with van der Waals surface area (Å²) in [5.41, 5.74) is 1.54. The van der Waals surface area contributed by atoms with E-state index < -0.39 is 11.9 Å². The molecule has 1 N–H and O–H groups in total. The zero-order chi connectivity index (χ0) is 19.7. The largest absolute Gasteiger partial charge is 0.507 e. The molecular weight excluding hydrogens is 373 g/mol. The highest BCUT2D eigenvalue weighted by Gasteiger charge is 2.31. The van der Waals surface area contributed by atoms with Gasteiger partial charge in [-0.05, 0) is 42.3 Å². The van der Waals surface area contributed by atoms with E-state index in [4.69, 9.17) is 11.6 Å². The summed E-state index contributed by atoms with van der Waals surface area (Å²) in [5, 5.41) is 10.9. The van der Waals surface area contributed by atoms with E-state index in [-0.39, 0.29) is 35.7 Å². The van der Waals surface area contributed by atoms with Crippen molar-refractivity contribution < 1.29 is 23.8 Å². The number of halogens is 2. The summed E-state index contributed by atoms with van der Waals surface area (Å²) in [6.45, 7) is 1.71. The molecule has 140 valence electrons. The number of rotatable bonds is 3. The second-order valence-electron chi connectivity index (χ2n) is 6.22. The van der Waals surface area contributed by atoms with E-state index in [1.165, 1.54) is 30.2 Å². The Kier molecular flexibility index (Phi) is 5.19. The summed E-state index contributed by atoms with van der Waals surface area (Å²) >= 11 is 6.08. The van der Waals surface area contributed by atoms with Gasteiger partial charge < -0.3 is 14.7 Å². The zero-order valence-corrected chi connectivity index (χ0v) is 15.5. The number of fused-ring (bicyclic) bond motifs is 1. The minimum absolute atomic E-state index is 0.0606. The number of hydrogen-bond acceptors (Lipinski definition) is 4. The summed E-state index contributed by atoms with van der Waals surface area (Å²) in [6.07, 6.45) is -0.348. The quantitative estimate of drug-likeness (QED) is 0.800. The Bertz CT molecular complexity index is 970. The van der Waals surface area contributed by atoms with Crippen LogP contribution in [0.1, 0.15) is 23.1 Å². The first-order valence-electron chi connectivity index (χ1n) is 8.17. The van der Waals surface area contributed by atoms with Crippen LogP contribution in [-0.2, 0) is 20.9 Å². The second kappa shape index (κ2) is 7.40. The Hall–Kier alpha value is -2.86. The average molecular weight is 390 g/mol. The molecule has 2 aromatic carbocycles. The number of nitrogens with zero attached hydrogens (tertiary/aromatic N) is 1. The third kappa shape index (κ3) is 3.66. The van der Waals surface area contributed by atoms with Gasteiger partial charge in [-0.3, -0.25) is 4.79 Å². The van der Waals surface area contributed by atoms with Crippen LogP contribution in [0.5, 0.6) is 0 Å². The van der Waals surface area contributed by atoms with Crippen LogP contribution in [0.2, 0.25) is 5.02 Å². The van der Waals surface area contributed by atoms with Gasteiger partial charge in [-0.2, -0.15) is 0 Å². The SMILES string of the molecule is COC(=O)C1=C(O)c2ccc(Cl)cc2N(Cc2ccc(C)c(F)c2)C(=O)C1. The van der Waals surface area contributed by atoms with Crippen molar-refractivity contribution >= 4 is 34.9 Å². The van der Waals surface area contributed by atoms with Crippen molar-refractivity contribution in [2.45, 2.75) is 19.9 Å². The fourth-order valence-corrected chi connectivity index (χ4v) is 3.10. The van der Waals surface area contributed by atoms with Crippen molar-refractivity contribution in [2.75, 3.05) is 12.0 Å². The number of carbonyl (C=O) groups excluding carboxylic acids is 2. The molecule has 0 aliphatic carbocycles. The van der Waals surface area contributed by atoms with Crippen LogP contribution in [0.25, 0.3) is 5.76 Å². The molecule has 1 aliphatic heterocycles.